The van der Waals surface area contributed by atoms with Crippen molar-refractivity contribution in [1.29, 1.82) is 0 Å². The van der Waals surface area contributed by atoms with Crippen LogP contribution in [0.1, 0.15) is 36.8 Å². The van der Waals surface area contributed by atoms with Gasteiger partial charge in [-0.15, -0.1) is 0 Å². The Labute approximate surface area is 245 Å². The Balaban J connectivity index is 1.42. The number of aromatic nitrogens is 3. The highest BCUT2D eigenvalue weighted by Crippen LogP contribution is 2.36. The highest BCUT2D eigenvalue weighted by molar-refractivity contribution is 5.92. The molecular formula is C32H36FN7O2. The molecule has 0 bridgehead atoms. The average molecular weight is 570 g/mol. The van der Waals surface area contributed by atoms with Gasteiger partial charge in [0.05, 0.1) is 5.39 Å². The number of likely N-dealkylation sites (tertiary alicyclic amines) is 1. The van der Waals surface area contributed by atoms with Crippen LogP contribution in [0, 0.1) is 12.4 Å². The van der Waals surface area contributed by atoms with Gasteiger partial charge in [-0.25, -0.2) is 11.0 Å². The first-order valence-electron chi connectivity index (χ1n) is 14.8. The van der Waals surface area contributed by atoms with E-state index in [1.807, 2.05) is 17.0 Å². The van der Waals surface area contributed by atoms with E-state index >= 15 is 4.39 Å². The largest absolute Gasteiger partial charge is 0.462 e. The molecule has 2 aromatic heterocycles. The molecule has 218 valence electrons. The number of rotatable bonds is 7. The molecule has 1 amide bonds. The third kappa shape index (κ3) is 5.29. The molecule has 1 aromatic carbocycles. The van der Waals surface area contributed by atoms with Crippen LogP contribution in [0.15, 0.2) is 37.1 Å². The van der Waals surface area contributed by atoms with Crippen molar-refractivity contribution in [1.82, 2.24) is 24.8 Å². The minimum atomic E-state index is -0.490. The van der Waals surface area contributed by atoms with Crippen LogP contribution in [-0.4, -0.2) is 89.1 Å². The van der Waals surface area contributed by atoms with Crippen LogP contribution >= 0.6 is 0 Å². The molecule has 2 saturated heterocycles. The smallest absolute Gasteiger partial charge is 0.319 e. The van der Waals surface area contributed by atoms with Gasteiger partial charge in [0, 0.05) is 37.4 Å². The number of ether oxygens (including phenoxy) is 1. The van der Waals surface area contributed by atoms with E-state index in [0.29, 0.717) is 43.1 Å². The zero-order valence-corrected chi connectivity index (χ0v) is 24.1. The molecule has 2 atom stereocenters. The SMILES string of the molecule is [C-]#[N+]C[C@H]1CN(c2nc(OC[C@@H]3CCCN3C)nc3c(F)c(-c4cccc5c4CCCC5)ncc23)CCN1C(=O)C=C. The van der Waals surface area contributed by atoms with Crippen molar-refractivity contribution in [2.24, 2.45) is 0 Å². The van der Waals surface area contributed by atoms with Crippen molar-refractivity contribution < 1.29 is 13.9 Å². The van der Waals surface area contributed by atoms with Crippen LogP contribution in [0.2, 0.25) is 0 Å². The molecule has 2 fully saturated rings. The molecule has 0 N–H and O–H groups in total. The molecule has 0 radical (unpaired) electrons. The van der Waals surface area contributed by atoms with Crippen molar-refractivity contribution in [3.05, 3.63) is 65.4 Å². The van der Waals surface area contributed by atoms with Crippen LogP contribution in [0.3, 0.4) is 0 Å². The van der Waals surface area contributed by atoms with Crippen LogP contribution < -0.4 is 9.64 Å². The number of likely N-dealkylation sites (N-methyl/N-ethyl adjacent to an activating group) is 1. The second-order valence-corrected chi connectivity index (χ2v) is 11.4. The quantitative estimate of drug-likeness (QED) is 0.310. The number of carbonyl (C=O) groups excluding carboxylic acids is 1. The normalized spacial score (nSPS) is 20.8. The van der Waals surface area contributed by atoms with Crippen molar-refractivity contribution >= 4 is 22.6 Å². The van der Waals surface area contributed by atoms with Crippen molar-refractivity contribution in [2.45, 2.75) is 50.6 Å². The molecule has 0 saturated carbocycles. The standard InChI is InChI=1S/C32H36FN7O2/c1-4-27(41)40-16-15-39(19-23(40)17-34-2)31-26-18-35-29(25-13-7-10-21-9-5-6-12-24(21)25)28(33)30(26)36-32(37-31)42-20-22-11-8-14-38(22)3/h4,7,10,13,18,22-23H,1,5-6,8-9,11-12,14-17,19-20H2,3H3/t22-,23-/m0/s1. The summed E-state index contributed by atoms with van der Waals surface area (Å²) >= 11 is 0. The lowest BCUT2D eigenvalue weighted by Gasteiger charge is -2.39. The summed E-state index contributed by atoms with van der Waals surface area (Å²) in [4.78, 5) is 36.0. The number of amides is 1. The summed E-state index contributed by atoms with van der Waals surface area (Å²) in [6, 6.07) is 6.07. The highest BCUT2D eigenvalue weighted by Gasteiger charge is 2.34. The summed E-state index contributed by atoms with van der Waals surface area (Å²) in [5, 5.41) is 0.483. The van der Waals surface area contributed by atoms with E-state index in [1.165, 1.54) is 11.6 Å². The molecule has 10 heteroatoms. The minimum absolute atomic E-state index is 0.121. The monoisotopic (exact) mass is 569 g/mol. The van der Waals surface area contributed by atoms with Crippen molar-refractivity contribution in [2.75, 3.05) is 51.3 Å². The van der Waals surface area contributed by atoms with E-state index in [4.69, 9.17) is 16.3 Å². The molecular weight excluding hydrogens is 533 g/mol. The van der Waals surface area contributed by atoms with Gasteiger partial charge in [0.25, 0.3) is 0 Å². The molecule has 0 unspecified atom stereocenters. The van der Waals surface area contributed by atoms with Crippen LogP contribution in [-0.2, 0) is 17.6 Å². The molecule has 9 nitrogen and oxygen atoms in total. The predicted octanol–water partition coefficient (Wildman–Crippen LogP) is 4.31. The topological polar surface area (TPSA) is 79.1 Å². The van der Waals surface area contributed by atoms with E-state index in [1.54, 1.807) is 11.1 Å². The molecule has 2 aliphatic heterocycles. The lowest BCUT2D eigenvalue weighted by molar-refractivity contribution is -0.128. The van der Waals surface area contributed by atoms with Crippen LogP contribution in [0.25, 0.3) is 27.0 Å². The molecule has 1 aliphatic carbocycles. The van der Waals surface area contributed by atoms with Crippen LogP contribution in [0.4, 0.5) is 10.2 Å². The van der Waals surface area contributed by atoms with E-state index in [9.17, 15) is 4.79 Å². The third-order valence-corrected chi connectivity index (χ3v) is 8.91. The predicted molar refractivity (Wildman–Crippen MR) is 160 cm³/mol. The zero-order valence-electron chi connectivity index (χ0n) is 24.1. The summed E-state index contributed by atoms with van der Waals surface area (Å²) in [7, 11) is 2.08. The number of nitrogens with zero attached hydrogens (tertiary/aromatic N) is 7. The number of aryl methyl sites for hydroxylation is 1. The summed E-state index contributed by atoms with van der Waals surface area (Å²) in [5.41, 5.74) is 3.69. The number of halogens is 1. The fraction of sp³-hybridized carbons (Fsp3) is 0.469. The Hall–Kier alpha value is -4.10. The number of carbonyl (C=O) groups is 1. The molecule has 3 aliphatic rings. The van der Waals surface area contributed by atoms with Crippen molar-refractivity contribution in [3.8, 4) is 17.3 Å². The summed E-state index contributed by atoms with van der Waals surface area (Å²) in [6.07, 6.45) is 9.17. The second kappa shape index (κ2) is 12.0. The van der Waals surface area contributed by atoms with Gasteiger partial charge in [-0.05, 0) is 69.3 Å². The van der Waals surface area contributed by atoms with Gasteiger partial charge >= 0.3 is 6.01 Å². The van der Waals surface area contributed by atoms with Gasteiger partial charge in [-0.2, -0.15) is 9.97 Å². The van der Waals surface area contributed by atoms with Gasteiger partial charge in [-0.1, -0.05) is 24.8 Å². The summed E-state index contributed by atoms with van der Waals surface area (Å²) in [6.45, 7) is 13.9. The molecule has 42 heavy (non-hydrogen) atoms. The number of piperazine rings is 1. The minimum Gasteiger partial charge on any atom is -0.462 e. The number of anilines is 1. The first kappa shape index (κ1) is 28.0. The third-order valence-electron chi connectivity index (χ3n) is 8.91. The van der Waals surface area contributed by atoms with Crippen LogP contribution in [0.5, 0.6) is 6.01 Å². The molecule has 4 heterocycles. The molecule has 3 aromatic rings. The second-order valence-electron chi connectivity index (χ2n) is 11.4. The van der Waals surface area contributed by atoms with E-state index < -0.39 is 5.82 Å². The van der Waals surface area contributed by atoms with E-state index in [0.717, 1.165) is 56.2 Å². The lowest BCUT2D eigenvalue weighted by Crippen LogP contribution is -2.56. The number of fused-ring (bicyclic) bond motifs is 2. The average Bonchev–Trinajstić information content (AvgIpc) is 3.44. The highest BCUT2D eigenvalue weighted by atomic mass is 19.1. The zero-order chi connectivity index (χ0) is 29.2. The van der Waals surface area contributed by atoms with E-state index in [2.05, 4.69) is 39.4 Å². The van der Waals surface area contributed by atoms with Gasteiger partial charge in [0.1, 0.15) is 29.7 Å². The molecule has 0 spiro atoms. The lowest BCUT2D eigenvalue weighted by atomic mass is 9.87. The van der Waals surface area contributed by atoms with Gasteiger partial charge in [0.15, 0.2) is 5.82 Å². The number of benzene rings is 1. The summed E-state index contributed by atoms with van der Waals surface area (Å²) in [5.74, 6) is -0.191. The number of hydrogen-bond acceptors (Lipinski definition) is 7. The first-order chi connectivity index (χ1) is 20.5. The fourth-order valence-corrected chi connectivity index (χ4v) is 6.60. The number of hydrogen-bond donors (Lipinski definition) is 0. The Morgan fingerprint density at radius 3 is 2.83 bits per heavy atom. The Morgan fingerprint density at radius 1 is 1.19 bits per heavy atom. The fourth-order valence-electron chi connectivity index (χ4n) is 6.60. The molecule has 6 rings (SSSR count). The Kier molecular flexibility index (Phi) is 8.02. The van der Waals surface area contributed by atoms with Gasteiger partial charge in [0.2, 0.25) is 12.5 Å². The summed E-state index contributed by atoms with van der Waals surface area (Å²) < 4.78 is 22.7. The van der Waals surface area contributed by atoms with Crippen molar-refractivity contribution in [3.63, 3.8) is 0 Å². The van der Waals surface area contributed by atoms with E-state index in [-0.39, 0.29) is 36.1 Å². The maximum atomic E-state index is 16.5. The van der Waals surface area contributed by atoms with Gasteiger partial charge < -0.3 is 24.3 Å². The first-order valence-corrected chi connectivity index (χ1v) is 14.8. The maximum Gasteiger partial charge on any atom is 0.319 e. The Bertz CT molecular complexity index is 1550. The maximum absolute atomic E-state index is 16.5. The number of pyridine rings is 1. The van der Waals surface area contributed by atoms with Gasteiger partial charge in [-0.3, -0.25) is 9.78 Å². The Morgan fingerprint density at radius 2 is 2.05 bits per heavy atom.